The van der Waals surface area contributed by atoms with Gasteiger partial charge in [-0.05, 0) is 31.9 Å². The molecule has 7 nitrogen and oxygen atoms in total. The van der Waals surface area contributed by atoms with Gasteiger partial charge in [0.1, 0.15) is 12.4 Å². The van der Waals surface area contributed by atoms with Crippen LogP contribution in [0.25, 0.3) is 0 Å². The van der Waals surface area contributed by atoms with E-state index in [4.69, 9.17) is 9.47 Å². The number of nitrogens with one attached hydrogen (secondary N) is 1. The van der Waals surface area contributed by atoms with E-state index in [1.807, 2.05) is 43.9 Å². The lowest BCUT2D eigenvalue weighted by Gasteiger charge is -2.26. The van der Waals surface area contributed by atoms with Crippen LogP contribution in [0.4, 0.5) is 5.95 Å². The summed E-state index contributed by atoms with van der Waals surface area (Å²) in [4.78, 5) is 23.1. The van der Waals surface area contributed by atoms with Crippen molar-refractivity contribution in [2.24, 2.45) is 0 Å². The summed E-state index contributed by atoms with van der Waals surface area (Å²) in [5, 5.41) is 2.93. The molecular weight excluding hydrogens is 344 g/mol. The number of aryl methyl sites for hydroxylation is 2. The Labute approximate surface area is 159 Å². The van der Waals surface area contributed by atoms with Crippen LogP contribution in [0.5, 0.6) is 5.75 Å². The highest BCUT2D eigenvalue weighted by Crippen LogP contribution is 2.22. The van der Waals surface area contributed by atoms with Crippen molar-refractivity contribution >= 4 is 11.9 Å². The number of anilines is 1. The normalized spacial score (nSPS) is 15.3. The zero-order valence-electron chi connectivity index (χ0n) is 16.1. The number of para-hydroxylation sites is 1. The minimum Gasteiger partial charge on any atom is -0.491 e. The molecule has 144 valence electrons. The molecule has 0 saturated carbocycles. The van der Waals surface area contributed by atoms with Gasteiger partial charge in [-0.15, -0.1) is 0 Å². The van der Waals surface area contributed by atoms with Crippen LogP contribution in [-0.4, -0.2) is 54.8 Å². The molecule has 1 atom stereocenters. The summed E-state index contributed by atoms with van der Waals surface area (Å²) in [5.41, 5.74) is 2.60. The maximum absolute atomic E-state index is 12.4. The number of rotatable bonds is 6. The van der Waals surface area contributed by atoms with Crippen molar-refractivity contribution in [1.82, 2.24) is 15.3 Å². The average molecular weight is 370 g/mol. The highest BCUT2D eigenvalue weighted by molar-refractivity contribution is 5.93. The second kappa shape index (κ2) is 8.81. The molecule has 1 saturated heterocycles. The highest BCUT2D eigenvalue weighted by Gasteiger charge is 2.16. The quantitative estimate of drug-likeness (QED) is 0.839. The standard InChI is InChI=1S/C20H26N4O3/c1-14-5-4-6-15(2)18(14)27-13-16(3)23-19(25)17-11-21-20(22-12-17)24-7-9-26-10-8-24/h4-6,11-12,16H,7-10,13H2,1-3H3,(H,23,25). The molecule has 1 fully saturated rings. The zero-order chi connectivity index (χ0) is 19.2. The zero-order valence-corrected chi connectivity index (χ0v) is 16.1. The Morgan fingerprint density at radius 1 is 1.22 bits per heavy atom. The smallest absolute Gasteiger partial charge is 0.254 e. The summed E-state index contributed by atoms with van der Waals surface area (Å²) in [6.45, 7) is 9.19. The predicted octanol–water partition coefficient (Wildman–Crippen LogP) is 2.13. The molecule has 0 radical (unpaired) electrons. The van der Waals surface area contributed by atoms with Crippen molar-refractivity contribution in [2.45, 2.75) is 26.8 Å². The maximum Gasteiger partial charge on any atom is 0.254 e. The van der Waals surface area contributed by atoms with E-state index >= 15 is 0 Å². The van der Waals surface area contributed by atoms with Crippen LogP contribution in [0.15, 0.2) is 30.6 Å². The van der Waals surface area contributed by atoms with Crippen molar-refractivity contribution in [3.05, 3.63) is 47.3 Å². The second-order valence-electron chi connectivity index (χ2n) is 6.78. The Morgan fingerprint density at radius 2 is 1.85 bits per heavy atom. The van der Waals surface area contributed by atoms with Gasteiger partial charge in [-0.25, -0.2) is 9.97 Å². The van der Waals surface area contributed by atoms with E-state index < -0.39 is 0 Å². The number of amides is 1. The van der Waals surface area contributed by atoms with E-state index in [0.29, 0.717) is 31.3 Å². The van der Waals surface area contributed by atoms with Gasteiger partial charge in [0.15, 0.2) is 0 Å². The fraction of sp³-hybridized carbons (Fsp3) is 0.450. The summed E-state index contributed by atoms with van der Waals surface area (Å²) in [6, 6.07) is 5.89. The van der Waals surface area contributed by atoms with Gasteiger partial charge >= 0.3 is 0 Å². The molecule has 1 unspecified atom stereocenters. The largest absolute Gasteiger partial charge is 0.491 e. The van der Waals surface area contributed by atoms with E-state index in [9.17, 15) is 4.79 Å². The molecule has 1 amide bonds. The Hall–Kier alpha value is -2.67. The monoisotopic (exact) mass is 370 g/mol. The highest BCUT2D eigenvalue weighted by atomic mass is 16.5. The van der Waals surface area contributed by atoms with Gasteiger partial charge in [-0.1, -0.05) is 18.2 Å². The number of carbonyl (C=O) groups excluding carboxylic acids is 1. The minimum absolute atomic E-state index is 0.143. The van der Waals surface area contributed by atoms with Gasteiger partial charge in [-0.3, -0.25) is 4.79 Å². The molecule has 0 spiro atoms. The van der Waals surface area contributed by atoms with E-state index in [-0.39, 0.29) is 11.9 Å². The van der Waals surface area contributed by atoms with Gasteiger partial charge in [0, 0.05) is 25.5 Å². The lowest BCUT2D eigenvalue weighted by atomic mass is 10.1. The first-order valence-electron chi connectivity index (χ1n) is 9.19. The van der Waals surface area contributed by atoms with Crippen LogP contribution >= 0.6 is 0 Å². The number of hydrogen-bond donors (Lipinski definition) is 1. The number of hydrogen-bond acceptors (Lipinski definition) is 6. The number of aromatic nitrogens is 2. The number of ether oxygens (including phenoxy) is 2. The number of nitrogens with zero attached hydrogens (tertiary/aromatic N) is 3. The third-order valence-electron chi connectivity index (χ3n) is 4.46. The van der Waals surface area contributed by atoms with Crippen LogP contribution in [0.3, 0.4) is 0 Å². The molecule has 7 heteroatoms. The van der Waals surface area contributed by atoms with Crippen molar-refractivity contribution in [3.63, 3.8) is 0 Å². The van der Waals surface area contributed by atoms with Crippen LogP contribution < -0.4 is 15.0 Å². The molecule has 1 aromatic carbocycles. The molecule has 1 aromatic heterocycles. The fourth-order valence-electron chi connectivity index (χ4n) is 2.95. The van der Waals surface area contributed by atoms with Gasteiger partial charge in [0.2, 0.25) is 5.95 Å². The number of morpholine rings is 1. The number of carbonyl (C=O) groups is 1. The predicted molar refractivity (Wildman–Crippen MR) is 103 cm³/mol. The lowest BCUT2D eigenvalue weighted by Crippen LogP contribution is -2.38. The average Bonchev–Trinajstić information content (AvgIpc) is 2.68. The minimum atomic E-state index is -0.207. The molecule has 3 rings (SSSR count). The third kappa shape index (κ3) is 4.95. The fourth-order valence-corrected chi connectivity index (χ4v) is 2.95. The van der Waals surface area contributed by atoms with Crippen LogP contribution in [-0.2, 0) is 4.74 Å². The van der Waals surface area contributed by atoms with Crippen LogP contribution in [0.2, 0.25) is 0 Å². The lowest BCUT2D eigenvalue weighted by molar-refractivity contribution is 0.0925. The number of benzene rings is 1. The van der Waals surface area contributed by atoms with Gasteiger partial charge in [-0.2, -0.15) is 0 Å². The summed E-state index contributed by atoms with van der Waals surface area (Å²) >= 11 is 0. The molecule has 27 heavy (non-hydrogen) atoms. The van der Waals surface area contributed by atoms with E-state index in [0.717, 1.165) is 30.0 Å². The summed E-state index contributed by atoms with van der Waals surface area (Å²) in [5.74, 6) is 1.29. The van der Waals surface area contributed by atoms with Crippen molar-refractivity contribution in [1.29, 1.82) is 0 Å². The van der Waals surface area contributed by atoms with Crippen LogP contribution in [0.1, 0.15) is 28.4 Å². The second-order valence-corrected chi connectivity index (χ2v) is 6.78. The summed E-state index contributed by atoms with van der Waals surface area (Å²) < 4.78 is 11.2. The Morgan fingerprint density at radius 3 is 2.48 bits per heavy atom. The van der Waals surface area contributed by atoms with E-state index in [1.165, 1.54) is 0 Å². The van der Waals surface area contributed by atoms with Crippen molar-refractivity contribution in [3.8, 4) is 5.75 Å². The van der Waals surface area contributed by atoms with Gasteiger partial charge in [0.05, 0.1) is 24.8 Å². The molecule has 0 bridgehead atoms. The third-order valence-corrected chi connectivity index (χ3v) is 4.46. The summed E-state index contributed by atoms with van der Waals surface area (Å²) in [6.07, 6.45) is 3.12. The molecule has 1 aliphatic rings. The molecule has 0 aliphatic carbocycles. The molecular formula is C20H26N4O3. The van der Waals surface area contributed by atoms with Crippen LogP contribution in [0, 0.1) is 13.8 Å². The van der Waals surface area contributed by atoms with Gasteiger partial charge < -0.3 is 19.7 Å². The first-order chi connectivity index (χ1) is 13.0. The molecule has 2 heterocycles. The van der Waals surface area contributed by atoms with Crippen molar-refractivity contribution < 1.29 is 14.3 Å². The van der Waals surface area contributed by atoms with Crippen molar-refractivity contribution in [2.75, 3.05) is 37.8 Å². The maximum atomic E-state index is 12.4. The van der Waals surface area contributed by atoms with Gasteiger partial charge in [0.25, 0.3) is 5.91 Å². The Bertz CT molecular complexity index is 753. The van der Waals surface area contributed by atoms with E-state index in [2.05, 4.69) is 15.3 Å². The Kier molecular flexibility index (Phi) is 6.24. The first kappa shape index (κ1) is 19.1. The summed E-state index contributed by atoms with van der Waals surface area (Å²) in [7, 11) is 0. The molecule has 2 aromatic rings. The molecule has 1 N–H and O–H groups in total. The first-order valence-corrected chi connectivity index (χ1v) is 9.19. The van der Waals surface area contributed by atoms with E-state index in [1.54, 1.807) is 12.4 Å². The Balaban J connectivity index is 1.53. The SMILES string of the molecule is Cc1cccc(C)c1OCC(C)NC(=O)c1cnc(N2CCOCC2)nc1. The molecule has 1 aliphatic heterocycles. The topological polar surface area (TPSA) is 76.6 Å².